The van der Waals surface area contributed by atoms with Gasteiger partial charge in [-0.05, 0) is 43.5 Å². The number of nitrogens with zero attached hydrogens (tertiary/aromatic N) is 2. The summed E-state index contributed by atoms with van der Waals surface area (Å²) in [6.45, 7) is 0.997. The number of nitrogens with one attached hydrogen (secondary N) is 2. The van der Waals surface area contributed by atoms with Crippen molar-refractivity contribution in [2.75, 3.05) is 24.5 Å². The van der Waals surface area contributed by atoms with E-state index in [-0.39, 0.29) is 23.5 Å². The van der Waals surface area contributed by atoms with Gasteiger partial charge in [0.05, 0.1) is 0 Å². The van der Waals surface area contributed by atoms with Crippen molar-refractivity contribution in [3.63, 3.8) is 0 Å². The minimum atomic E-state index is -0.951. The van der Waals surface area contributed by atoms with Gasteiger partial charge in [-0.25, -0.2) is 9.18 Å². The molecule has 0 aromatic heterocycles. The Morgan fingerprint density at radius 2 is 1.74 bits per heavy atom. The first-order chi connectivity index (χ1) is 12.9. The molecule has 1 spiro atoms. The van der Waals surface area contributed by atoms with Gasteiger partial charge in [0.25, 0.3) is 5.91 Å². The summed E-state index contributed by atoms with van der Waals surface area (Å²) in [5.41, 5.74) is -0.382. The summed E-state index contributed by atoms with van der Waals surface area (Å²) in [7, 11) is 0. The topological polar surface area (TPSA) is 98.8 Å². The molecule has 0 aliphatic carbocycles. The first kappa shape index (κ1) is 17.4. The molecule has 0 saturated carbocycles. The first-order valence-corrected chi connectivity index (χ1v) is 8.89. The average Bonchev–Trinajstić information content (AvgIpc) is 3.15. The molecule has 1 aromatic carbocycles. The highest BCUT2D eigenvalue weighted by atomic mass is 19.1. The van der Waals surface area contributed by atoms with Crippen molar-refractivity contribution < 1.29 is 23.6 Å². The minimum absolute atomic E-state index is 0.260. The van der Waals surface area contributed by atoms with Crippen molar-refractivity contribution in [2.45, 2.75) is 24.8 Å². The fraction of sp³-hybridized carbons (Fsp3) is 0.444. The predicted molar refractivity (Wildman–Crippen MR) is 92.1 cm³/mol. The summed E-state index contributed by atoms with van der Waals surface area (Å²) in [6.07, 6.45) is 1.03. The fourth-order valence-corrected chi connectivity index (χ4v) is 4.00. The Morgan fingerprint density at radius 3 is 2.33 bits per heavy atom. The molecule has 1 unspecified atom stereocenters. The molecule has 3 saturated heterocycles. The molecule has 2 N–H and O–H groups in total. The molecule has 9 heteroatoms. The number of urea groups is 1. The number of halogens is 1. The fourth-order valence-electron chi connectivity index (χ4n) is 4.00. The third-order valence-corrected chi connectivity index (χ3v) is 5.59. The molecule has 3 fully saturated rings. The van der Waals surface area contributed by atoms with Gasteiger partial charge in [0, 0.05) is 25.3 Å². The van der Waals surface area contributed by atoms with Crippen molar-refractivity contribution in [2.24, 2.45) is 5.92 Å². The van der Waals surface area contributed by atoms with E-state index in [1.807, 2.05) is 0 Å². The number of likely N-dealkylation sites (tertiary alicyclic amines) is 1. The summed E-state index contributed by atoms with van der Waals surface area (Å²) in [5, 5.41) is 4.88. The molecule has 0 radical (unpaired) electrons. The quantitative estimate of drug-likeness (QED) is 0.578. The summed E-state index contributed by atoms with van der Waals surface area (Å²) in [4.78, 5) is 52.0. The lowest BCUT2D eigenvalue weighted by molar-refractivity contribution is -0.142. The monoisotopic (exact) mass is 374 g/mol. The molecular weight excluding hydrogens is 355 g/mol. The van der Waals surface area contributed by atoms with Crippen LogP contribution in [0.1, 0.15) is 19.3 Å². The maximum atomic E-state index is 13.1. The lowest BCUT2D eigenvalue weighted by Crippen LogP contribution is -2.56. The Kier molecular flexibility index (Phi) is 4.09. The van der Waals surface area contributed by atoms with E-state index in [0.717, 1.165) is 0 Å². The number of piperidine rings is 1. The van der Waals surface area contributed by atoms with Crippen LogP contribution in [0.25, 0.3) is 0 Å². The van der Waals surface area contributed by atoms with Gasteiger partial charge in [0.1, 0.15) is 17.3 Å². The highest BCUT2D eigenvalue weighted by Crippen LogP contribution is 2.30. The molecule has 0 bridgehead atoms. The standard InChI is InChI=1S/C18H19FN4O4/c19-11-1-3-12(4-2-11)23-8-5-13(15(23)25)14(24)22-9-6-18(7-10-22)16(26)20-17(27)21-18/h1-4,13H,5-10H2,(H2,20,21,26,27). The number of hydrogen-bond acceptors (Lipinski definition) is 4. The molecule has 1 aromatic rings. The number of rotatable bonds is 2. The van der Waals surface area contributed by atoms with Gasteiger partial charge in [0.15, 0.2) is 0 Å². The van der Waals surface area contributed by atoms with Gasteiger partial charge in [0.2, 0.25) is 11.8 Å². The number of hydrogen-bond donors (Lipinski definition) is 2. The number of carbonyl (C=O) groups is 4. The lowest BCUT2D eigenvalue weighted by atomic mass is 9.87. The number of carbonyl (C=O) groups excluding carboxylic acids is 4. The Hall–Kier alpha value is -2.97. The second kappa shape index (κ2) is 6.33. The minimum Gasteiger partial charge on any atom is -0.342 e. The van der Waals surface area contributed by atoms with Crippen LogP contribution in [0.5, 0.6) is 0 Å². The molecule has 1 atom stereocenters. The van der Waals surface area contributed by atoms with Crippen LogP contribution in [-0.2, 0) is 14.4 Å². The van der Waals surface area contributed by atoms with E-state index in [2.05, 4.69) is 10.6 Å². The van der Waals surface area contributed by atoms with Crippen LogP contribution in [-0.4, -0.2) is 53.8 Å². The molecule has 3 aliphatic rings. The zero-order valence-electron chi connectivity index (χ0n) is 14.5. The van der Waals surface area contributed by atoms with E-state index >= 15 is 0 Å². The van der Waals surface area contributed by atoms with E-state index in [4.69, 9.17) is 0 Å². The summed E-state index contributed by atoms with van der Waals surface area (Å²) >= 11 is 0. The van der Waals surface area contributed by atoms with Crippen LogP contribution in [0.15, 0.2) is 24.3 Å². The van der Waals surface area contributed by atoms with Crippen LogP contribution in [0.3, 0.4) is 0 Å². The van der Waals surface area contributed by atoms with Gasteiger partial charge in [-0.15, -0.1) is 0 Å². The number of imide groups is 1. The van der Waals surface area contributed by atoms with E-state index in [1.165, 1.54) is 29.2 Å². The van der Waals surface area contributed by atoms with Crippen molar-refractivity contribution in [3.05, 3.63) is 30.1 Å². The Bertz CT molecular complexity index is 817. The molecule has 8 nitrogen and oxygen atoms in total. The number of benzene rings is 1. The third kappa shape index (κ3) is 2.92. The van der Waals surface area contributed by atoms with Crippen molar-refractivity contribution in [1.29, 1.82) is 0 Å². The van der Waals surface area contributed by atoms with Crippen LogP contribution in [0.2, 0.25) is 0 Å². The van der Waals surface area contributed by atoms with Crippen molar-refractivity contribution in [1.82, 2.24) is 15.5 Å². The predicted octanol–water partition coefficient (Wildman–Crippen LogP) is 0.379. The Balaban J connectivity index is 1.41. The van der Waals surface area contributed by atoms with Crippen LogP contribution in [0.4, 0.5) is 14.9 Å². The zero-order valence-corrected chi connectivity index (χ0v) is 14.5. The number of amides is 5. The molecule has 5 amide bonds. The maximum absolute atomic E-state index is 13.1. The first-order valence-electron chi connectivity index (χ1n) is 8.89. The van der Waals surface area contributed by atoms with Crippen LogP contribution < -0.4 is 15.5 Å². The molecule has 3 heterocycles. The van der Waals surface area contributed by atoms with Gasteiger partial charge in [-0.3, -0.25) is 19.7 Å². The maximum Gasteiger partial charge on any atom is 0.322 e. The molecule has 142 valence electrons. The largest absolute Gasteiger partial charge is 0.342 e. The summed E-state index contributed by atoms with van der Waals surface area (Å²) in [5.74, 6) is -2.07. The van der Waals surface area contributed by atoms with E-state index < -0.39 is 17.5 Å². The third-order valence-electron chi connectivity index (χ3n) is 5.59. The summed E-state index contributed by atoms with van der Waals surface area (Å²) in [6, 6.07) is 5.09. The van der Waals surface area contributed by atoms with Crippen molar-refractivity contribution in [3.8, 4) is 0 Å². The summed E-state index contributed by atoms with van der Waals surface area (Å²) < 4.78 is 13.1. The van der Waals surface area contributed by atoms with Gasteiger partial charge < -0.3 is 15.1 Å². The molecule has 4 rings (SSSR count). The van der Waals surface area contributed by atoms with Gasteiger partial charge in [-0.1, -0.05) is 0 Å². The van der Waals surface area contributed by atoms with Crippen LogP contribution in [0, 0.1) is 11.7 Å². The van der Waals surface area contributed by atoms with Crippen LogP contribution >= 0.6 is 0 Å². The number of anilines is 1. The highest BCUT2D eigenvalue weighted by Gasteiger charge is 2.49. The van der Waals surface area contributed by atoms with E-state index in [0.29, 0.717) is 44.6 Å². The second-order valence-corrected chi connectivity index (χ2v) is 7.12. The molecule has 27 heavy (non-hydrogen) atoms. The highest BCUT2D eigenvalue weighted by molar-refractivity contribution is 6.10. The van der Waals surface area contributed by atoms with Crippen molar-refractivity contribution >= 4 is 29.4 Å². The van der Waals surface area contributed by atoms with Gasteiger partial charge in [-0.2, -0.15) is 0 Å². The average molecular weight is 374 g/mol. The second-order valence-electron chi connectivity index (χ2n) is 7.12. The zero-order chi connectivity index (χ0) is 19.2. The van der Waals surface area contributed by atoms with Gasteiger partial charge >= 0.3 is 6.03 Å². The molecule has 3 aliphatic heterocycles. The normalized spacial score (nSPS) is 24.3. The SMILES string of the molecule is O=C1NC(=O)C2(CCN(C(=O)C3CCN(c4ccc(F)cc4)C3=O)CC2)N1. The van der Waals surface area contributed by atoms with E-state index in [1.54, 1.807) is 4.90 Å². The molecular formula is C18H19FN4O4. The smallest absolute Gasteiger partial charge is 0.322 e. The Morgan fingerprint density at radius 1 is 1.07 bits per heavy atom. The van der Waals surface area contributed by atoms with E-state index in [9.17, 15) is 23.6 Å². The lowest BCUT2D eigenvalue weighted by Gasteiger charge is -2.37. The Labute approximate surface area is 154 Å².